The molecule has 1 saturated heterocycles. The molecule has 0 amide bonds. The van der Waals surface area contributed by atoms with Gasteiger partial charge < -0.3 is 14.8 Å². The number of rotatable bonds is 5. The van der Waals surface area contributed by atoms with Gasteiger partial charge in [0.15, 0.2) is 5.11 Å². The summed E-state index contributed by atoms with van der Waals surface area (Å²) in [6, 6.07) is 21.3. The molecule has 0 unspecified atom stereocenters. The van der Waals surface area contributed by atoms with Crippen molar-refractivity contribution in [3.05, 3.63) is 111 Å². The summed E-state index contributed by atoms with van der Waals surface area (Å²) in [7, 11) is 0. The predicted octanol–water partition coefficient (Wildman–Crippen LogP) is 7.61. The van der Waals surface area contributed by atoms with Crippen molar-refractivity contribution in [3.8, 4) is 5.69 Å². The summed E-state index contributed by atoms with van der Waals surface area (Å²) in [5, 5.41) is 4.32. The Morgan fingerprint density at radius 1 is 0.972 bits per heavy atom. The first-order valence-electron chi connectivity index (χ1n) is 12.4. The molecule has 0 saturated carbocycles. The highest BCUT2D eigenvalue weighted by molar-refractivity contribution is 9.10. The molecule has 36 heavy (non-hydrogen) atoms. The van der Waals surface area contributed by atoms with Crippen molar-refractivity contribution < 1.29 is 0 Å². The number of anilines is 1. The Labute approximate surface area is 227 Å². The average Bonchev–Trinajstić information content (AvgIpc) is 3.36. The summed E-state index contributed by atoms with van der Waals surface area (Å²) >= 11 is 9.61. The topological polar surface area (TPSA) is 33.1 Å². The van der Waals surface area contributed by atoms with Crippen LogP contribution in [0.1, 0.15) is 58.3 Å². The Balaban J connectivity index is 1.72. The van der Waals surface area contributed by atoms with Gasteiger partial charge in [-0.1, -0.05) is 47.1 Å². The maximum absolute atomic E-state index is 5.96. The third-order valence-corrected chi connectivity index (χ3v) is 8.44. The number of aryl methyl sites for hydroxylation is 4. The number of nitrogens with zero attached hydrogens (tertiary/aromatic N) is 3. The van der Waals surface area contributed by atoms with Gasteiger partial charge in [0.25, 0.3) is 0 Å². The van der Waals surface area contributed by atoms with Crippen molar-refractivity contribution in [2.45, 2.75) is 53.1 Å². The lowest BCUT2D eigenvalue weighted by Crippen LogP contribution is -2.29. The fraction of sp³-hybridized carbons (Fsp3) is 0.267. The van der Waals surface area contributed by atoms with E-state index in [4.69, 9.17) is 17.2 Å². The largest absolute Gasteiger partial charge is 0.351 e. The molecule has 2 aromatic heterocycles. The lowest BCUT2D eigenvalue weighted by atomic mass is 9.96. The molecule has 1 fully saturated rings. The van der Waals surface area contributed by atoms with Crippen molar-refractivity contribution in [2.24, 2.45) is 0 Å². The summed E-state index contributed by atoms with van der Waals surface area (Å²) < 4.78 is 3.51. The first-order chi connectivity index (χ1) is 17.3. The van der Waals surface area contributed by atoms with Crippen LogP contribution in [0.2, 0.25) is 0 Å². The minimum atomic E-state index is -0.0703. The quantitative estimate of drug-likeness (QED) is 0.255. The normalized spacial score (nSPS) is 17.5. The molecule has 0 bridgehead atoms. The second kappa shape index (κ2) is 9.83. The van der Waals surface area contributed by atoms with Crippen molar-refractivity contribution in [3.63, 3.8) is 0 Å². The van der Waals surface area contributed by atoms with E-state index in [2.05, 4.69) is 114 Å². The number of thiocarbonyl (C=S) groups is 1. The van der Waals surface area contributed by atoms with E-state index in [0.717, 1.165) is 22.3 Å². The van der Waals surface area contributed by atoms with Crippen molar-refractivity contribution in [1.82, 2.24) is 14.9 Å². The maximum Gasteiger partial charge on any atom is 0.174 e. The van der Waals surface area contributed by atoms with Crippen molar-refractivity contribution in [1.29, 1.82) is 0 Å². The minimum Gasteiger partial charge on any atom is -0.351 e. The predicted molar refractivity (Wildman–Crippen MR) is 156 cm³/mol. The van der Waals surface area contributed by atoms with E-state index in [1.54, 1.807) is 0 Å². The molecule has 2 aromatic carbocycles. The van der Waals surface area contributed by atoms with E-state index < -0.39 is 0 Å². The average molecular weight is 560 g/mol. The van der Waals surface area contributed by atoms with Crippen LogP contribution in [0, 0.1) is 27.7 Å². The minimum absolute atomic E-state index is 0.0398. The van der Waals surface area contributed by atoms with Crippen molar-refractivity contribution >= 4 is 38.9 Å². The zero-order valence-corrected chi connectivity index (χ0v) is 23.7. The number of pyridine rings is 1. The second-order valence-electron chi connectivity index (χ2n) is 9.53. The molecule has 4 nitrogen and oxygen atoms in total. The van der Waals surface area contributed by atoms with E-state index in [9.17, 15) is 0 Å². The molecular weight excluding hydrogens is 528 g/mol. The Bertz CT molecular complexity index is 1440. The maximum atomic E-state index is 5.96. The molecule has 0 radical (unpaired) electrons. The Hall–Kier alpha value is -2.96. The van der Waals surface area contributed by atoms with Crippen LogP contribution in [0.5, 0.6) is 0 Å². The van der Waals surface area contributed by atoms with E-state index in [1.807, 2.05) is 18.3 Å². The lowest BCUT2D eigenvalue weighted by molar-refractivity contribution is 0.565. The highest BCUT2D eigenvalue weighted by Crippen LogP contribution is 2.44. The van der Waals surface area contributed by atoms with E-state index in [1.165, 1.54) is 39.3 Å². The lowest BCUT2D eigenvalue weighted by Gasteiger charge is -2.29. The van der Waals surface area contributed by atoms with Crippen LogP contribution >= 0.6 is 28.1 Å². The van der Waals surface area contributed by atoms with Gasteiger partial charge in [-0.3, -0.25) is 4.98 Å². The molecule has 1 aliphatic rings. The molecule has 5 rings (SSSR count). The van der Waals surface area contributed by atoms with Crippen LogP contribution in [0.15, 0.2) is 71.3 Å². The second-order valence-corrected chi connectivity index (χ2v) is 10.8. The molecule has 3 heterocycles. The zero-order chi connectivity index (χ0) is 25.6. The van der Waals surface area contributed by atoms with E-state index in [-0.39, 0.29) is 12.1 Å². The van der Waals surface area contributed by atoms with Crippen LogP contribution in [-0.4, -0.2) is 14.7 Å². The van der Waals surface area contributed by atoms with Gasteiger partial charge in [-0.05, 0) is 105 Å². The molecule has 1 aliphatic heterocycles. The van der Waals surface area contributed by atoms with Crippen LogP contribution in [0.25, 0.3) is 5.69 Å². The van der Waals surface area contributed by atoms with Gasteiger partial charge in [0, 0.05) is 27.7 Å². The zero-order valence-electron chi connectivity index (χ0n) is 21.3. The Morgan fingerprint density at radius 2 is 1.78 bits per heavy atom. The Morgan fingerprint density at radius 3 is 2.47 bits per heavy atom. The molecule has 1 N–H and O–H groups in total. The van der Waals surface area contributed by atoms with Gasteiger partial charge >= 0.3 is 0 Å². The molecule has 6 heteroatoms. The Kier molecular flexibility index (Phi) is 6.75. The number of hydrogen-bond donors (Lipinski definition) is 1. The first-order valence-corrected chi connectivity index (χ1v) is 13.6. The van der Waals surface area contributed by atoms with Gasteiger partial charge in [-0.25, -0.2) is 0 Å². The summed E-state index contributed by atoms with van der Waals surface area (Å²) in [6.07, 6.45) is 2.84. The van der Waals surface area contributed by atoms with Crippen molar-refractivity contribution in [2.75, 3.05) is 4.90 Å². The van der Waals surface area contributed by atoms with Crippen LogP contribution in [0.3, 0.4) is 0 Å². The molecule has 4 aromatic rings. The van der Waals surface area contributed by atoms with Crippen LogP contribution in [-0.2, 0) is 6.42 Å². The van der Waals surface area contributed by atoms with Gasteiger partial charge in [-0.2, -0.15) is 0 Å². The number of halogens is 1. The number of nitrogens with one attached hydrogen (secondary N) is 1. The van der Waals surface area contributed by atoms with E-state index in [0.29, 0.717) is 5.11 Å². The summed E-state index contributed by atoms with van der Waals surface area (Å²) in [5.74, 6) is 0. The summed E-state index contributed by atoms with van der Waals surface area (Å²) in [5.41, 5.74) is 10.9. The fourth-order valence-corrected chi connectivity index (χ4v) is 6.08. The van der Waals surface area contributed by atoms with E-state index >= 15 is 0 Å². The van der Waals surface area contributed by atoms with Gasteiger partial charge in [0.05, 0.1) is 23.5 Å². The SMILES string of the molecule is CCc1cccc(C)c1-n1c(C)cc([C@@H]2[C@@H](c3ccccn3)NC(=S)N2c2ccc(Br)c(C)c2)c1C. The monoisotopic (exact) mass is 558 g/mol. The molecular formula is C30H31BrN4S. The van der Waals surface area contributed by atoms with Crippen LogP contribution in [0.4, 0.5) is 5.69 Å². The molecule has 2 atom stereocenters. The smallest absolute Gasteiger partial charge is 0.174 e. The number of hydrogen-bond acceptors (Lipinski definition) is 2. The fourth-order valence-electron chi connectivity index (χ4n) is 5.48. The highest BCUT2D eigenvalue weighted by atomic mass is 79.9. The van der Waals surface area contributed by atoms with Crippen LogP contribution < -0.4 is 10.2 Å². The summed E-state index contributed by atoms with van der Waals surface area (Å²) in [4.78, 5) is 6.99. The third kappa shape index (κ3) is 4.16. The molecule has 184 valence electrons. The number of aromatic nitrogens is 2. The summed E-state index contributed by atoms with van der Waals surface area (Å²) in [6.45, 7) is 11.0. The first kappa shape index (κ1) is 24.7. The molecule has 0 spiro atoms. The number of benzene rings is 2. The highest BCUT2D eigenvalue weighted by Gasteiger charge is 2.42. The standard InChI is InChI=1S/C30H31BrN4S/c1-6-22-11-9-10-18(2)28(22)34-20(4)17-24(21(34)5)29-27(26-12-7-8-15-32-26)33-30(36)35(29)23-13-14-25(31)19(3)16-23/h7-17,27,29H,6H2,1-5H3,(H,33,36)/t27-,29-/m1/s1. The third-order valence-electron chi connectivity index (χ3n) is 7.23. The number of para-hydroxylation sites is 1. The van der Waals surface area contributed by atoms with Gasteiger partial charge in [0.2, 0.25) is 0 Å². The molecule has 0 aliphatic carbocycles. The van der Waals surface area contributed by atoms with Gasteiger partial charge in [0.1, 0.15) is 0 Å². The van der Waals surface area contributed by atoms with Gasteiger partial charge in [-0.15, -0.1) is 0 Å².